The van der Waals surface area contributed by atoms with Gasteiger partial charge in [0.25, 0.3) is 0 Å². The summed E-state index contributed by atoms with van der Waals surface area (Å²) < 4.78 is 5.74. The quantitative estimate of drug-likeness (QED) is 0.849. The fourth-order valence-corrected chi connectivity index (χ4v) is 2.86. The van der Waals surface area contributed by atoms with E-state index in [1.165, 1.54) is 11.1 Å². The second kappa shape index (κ2) is 3.26. The molecule has 0 amide bonds. The molecule has 2 heteroatoms. The fraction of sp³-hybridized carbons (Fsp3) is 0.600. The molecule has 17 heavy (non-hydrogen) atoms. The van der Waals surface area contributed by atoms with Gasteiger partial charge in [-0.2, -0.15) is 0 Å². The highest BCUT2D eigenvalue weighted by Gasteiger charge is 2.51. The lowest BCUT2D eigenvalue weighted by Crippen LogP contribution is -2.43. The van der Waals surface area contributed by atoms with Crippen molar-refractivity contribution in [2.45, 2.75) is 57.1 Å². The van der Waals surface area contributed by atoms with Gasteiger partial charge in [-0.25, -0.2) is 0 Å². The third-order valence-corrected chi connectivity index (χ3v) is 4.65. The Kier molecular flexibility index (Phi) is 2.13. The highest BCUT2D eigenvalue weighted by molar-refractivity contribution is 5.44. The number of ether oxygens (including phenoxy) is 1. The summed E-state index contributed by atoms with van der Waals surface area (Å²) in [6, 6.07) is 6.59. The largest absolute Gasteiger partial charge is 0.490 e. The molecule has 1 unspecified atom stereocenters. The second-order valence-electron chi connectivity index (χ2n) is 6.24. The van der Waals surface area contributed by atoms with Crippen LogP contribution in [0.5, 0.6) is 5.75 Å². The first-order valence-corrected chi connectivity index (χ1v) is 6.51. The van der Waals surface area contributed by atoms with Crippen LogP contribution < -0.4 is 10.5 Å². The predicted octanol–water partition coefficient (Wildman–Crippen LogP) is 2.78. The van der Waals surface area contributed by atoms with E-state index in [-0.39, 0.29) is 11.0 Å². The van der Waals surface area contributed by atoms with Crippen molar-refractivity contribution >= 4 is 0 Å². The van der Waals surface area contributed by atoms with Crippen molar-refractivity contribution in [3.8, 4) is 5.75 Å². The Morgan fingerprint density at radius 1 is 1.35 bits per heavy atom. The van der Waals surface area contributed by atoms with Gasteiger partial charge in [-0.05, 0) is 37.0 Å². The number of nitrogens with two attached hydrogens (primary N) is 1. The Hall–Kier alpha value is -1.02. The standard InChI is InChI=1S/C15H21NO/c1-10-8-11-9-12(4-5-13(11)17-10)14(2,3)15(16)6-7-15/h4-5,9-10H,6-8,16H2,1-3H3. The molecular weight excluding hydrogens is 210 g/mol. The maximum absolute atomic E-state index is 6.40. The van der Waals surface area contributed by atoms with Gasteiger partial charge in [0.1, 0.15) is 11.9 Å². The minimum Gasteiger partial charge on any atom is -0.490 e. The van der Waals surface area contributed by atoms with Crippen LogP contribution in [0, 0.1) is 0 Å². The summed E-state index contributed by atoms with van der Waals surface area (Å²) in [7, 11) is 0. The average molecular weight is 231 g/mol. The molecule has 1 heterocycles. The van der Waals surface area contributed by atoms with Gasteiger partial charge in [0.15, 0.2) is 0 Å². The van der Waals surface area contributed by atoms with Gasteiger partial charge in [-0.3, -0.25) is 0 Å². The number of rotatable bonds is 2. The third-order valence-electron chi connectivity index (χ3n) is 4.65. The summed E-state index contributed by atoms with van der Waals surface area (Å²) in [5.74, 6) is 1.05. The zero-order chi connectivity index (χ0) is 12.3. The van der Waals surface area contributed by atoms with Crippen molar-refractivity contribution in [1.29, 1.82) is 0 Å². The van der Waals surface area contributed by atoms with E-state index < -0.39 is 0 Å². The highest BCUT2D eigenvalue weighted by Crippen LogP contribution is 2.49. The van der Waals surface area contributed by atoms with Crippen molar-refractivity contribution in [3.05, 3.63) is 29.3 Å². The molecule has 1 fully saturated rings. The fourth-order valence-electron chi connectivity index (χ4n) is 2.86. The minimum atomic E-state index is 0.00626. The molecule has 2 N–H and O–H groups in total. The van der Waals surface area contributed by atoms with E-state index in [2.05, 4.69) is 39.0 Å². The maximum Gasteiger partial charge on any atom is 0.123 e. The average Bonchev–Trinajstić information content (AvgIpc) is 2.91. The number of hydrogen-bond donors (Lipinski definition) is 1. The molecule has 1 aromatic carbocycles. The molecule has 0 aromatic heterocycles. The van der Waals surface area contributed by atoms with Gasteiger partial charge < -0.3 is 10.5 Å². The summed E-state index contributed by atoms with van der Waals surface area (Å²) in [6.45, 7) is 6.65. The lowest BCUT2D eigenvalue weighted by molar-refractivity contribution is 0.254. The van der Waals surface area contributed by atoms with Crippen LogP contribution in [0.25, 0.3) is 0 Å². The Bertz CT molecular complexity index is 460. The molecular formula is C15H21NO. The Balaban J connectivity index is 1.98. The van der Waals surface area contributed by atoms with Crippen LogP contribution in [0.4, 0.5) is 0 Å². The molecule has 92 valence electrons. The second-order valence-corrected chi connectivity index (χ2v) is 6.24. The Morgan fingerprint density at radius 2 is 2.06 bits per heavy atom. The molecule has 1 aliphatic heterocycles. The Labute approximate surface area is 103 Å². The van der Waals surface area contributed by atoms with Gasteiger partial charge in [-0.15, -0.1) is 0 Å². The van der Waals surface area contributed by atoms with Crippen LogP contribution in [0.1, 0.15) is 44.7 Å². The van der Waals surface area contributed by atoms with E-state index >= 15 is 0 Å². The Morgan fingerprint density at radius 3 is 2.71 bits per heavy atom. The number of hydrogen-bond acceptors (Lipinski definition) is 2. The molecule has 3 rings (SSSR count). The van der Waals surface area contributed by atoms with E-state index in [9.17, 15) is 0 Å². The molecule has 1 atom stereocenters. The van der Waals surface area contributed by atoms with Crippen molar-refractivity contribution < 1.29 is 4.74 Å². The van der Waals surface area contributed by atoms with Gasteiger partial charge >= 0.3 is 0 Å². The monoisotopic (exact) mass is 231 g/mol. The molecule has 0 bridgehead atoms. The summed E-state index contributed by atoms with van der Waals surface area (Å²) in [6.07, 6.45) is 3.63. The lowest BCUT2D eigenvalue weighted by Gasteiger charge is -2.32. The minimum absolute atomic E-state index is 0.00626. The van der Waals surface area contributed by atoms with Crippen LogP contribution in [0.3, 0.4) is 0 Å². The zero-order valence-electron chi connectivity index (χ0n) is 10.9. The molecule has 1 saturated carbocycles. The molecule has 0 radical (unpaired) electrons. The van der Waals surface area contributed by atoms with Gasteiger partial charge in [0.05, 0.1) is 0 Å². The molecule has 2 aliphatic rings. The summed E-state index contributed by atoms with van der Waals surface area (Å²) in [5.41, 5.74) is 9.16. The van der Waals surface area contributed by atoms with Crippen molar-refractivity contribution in [2.24, 2.45) is 5.73 Å². The molecule has 2 nitrogen and oxygen atoms in total. The van der Waals surface area contributed by atoms with Crippen molar-refractivity contribution in [1.82, 2.24) is 0 Å². The molecule has 1 aromatic rings. The van der Waals surface area contributed by atoms with Crippen LogP contribution in [0.15, 0.2) is 18.2 Å². The predicted molar refractivity (Wildman–Crippen MR) is 69.4 cm³/mol. The summed E-state index contributed by atoms with van der Waals surface area (Å²) in [5, 5.41) is 0. The van der Waals surface area contributed by atoms with E-state index in [1.54, 1.807) is 0 Å². The van der Waals surface area contributed by atoms with E-state index in [0.29, 0.717) is 6.10 Å². The topological polar surface area (TPSA) is 35.2 Å². The molecule has 0 spiro atoms. The van der Waals surface area contributed by atoms with Crippen LogP contribution in [-0.2, 0) is 11.8 Å². The van der Waals surface area contributed by atoms with Gasteiger partial charge in [-0.1, -0.05) is 26.0 Å². The summed E-state index contributed by atoms with van der Waals surface area (Å²) in [4.78, 5) is 0. The van der Waals surface area contributed by atoms with E-state index in [0.717, 1.165) is 25.0 Å². The maximum atomic E-state index is 6.40. The normalized spacial score (nSPS) is 25.3. The van der Waals surface area contributed by atoms with Crippen LogP contribution in [-0.4, -0.2) is 11.6 Å². The van der Waals surface area contributed by atoms with Crippen molar-refractivity contribution in [2.75, 3.05) is 0 Å². The number of fused-ring (bicyclic) bond motifs is 1. The van der Waals surface area contributed by atoms with Crippen LogP contribution >= 0.6 is 0 Å². The first-order chi connectivity index (χ1) is 7.92. The van der Waals surface area contributed by atoms with E-state index in [4.69, 9.17) is 10.5 Å². The van der Waals surface area contributed by atoms with E-state index in [1.807, 2.05) is 0 Å². The van der Waals surface area contributed by atoms with Crippen LogP contribution in [0.2, 0.25) is 0 Å². The lowest BCUT2D eigenvalue weighted by atomic mass is 9.75. The molecule has 0 saturated heterocycles. The van der Waals surface area contributed by atoms with Gasteiger partial charge in [0, 0.05) is 17.4 Å². The molecule has 1 aliphatic carbocycles. The van der Waals surface area contributed by atoms with Gasteiger partial charge in [0.2, 0.25) is 0 Å². The zero-order valence-corrected chi connectivity index (χ0v) is 10.9. The number of benzene rings is 1. The highest BCUT2D eigenvalue weighted by atomic mass is 16.5. The van der Waals surface area contributed by atoms with Crippen molar-refractivity contribution in [3.63, 3.8) is 0 Å². The SMILES string of the molecule is CC1Cc2cc(C(C)(C)C3(N)CC3)ccc2O1. The first-order valence-electron chi connectivity index (χ1n) is 6.51. The summed E-state index contributed by atoms with van der Waals surface area (Å²) >= 11 is 0. The third kappa shape index (κ3) is 1.58. The first kappa shape index (κ1) is 11.1. The smallest absolute Gasteiger partial charge is 0.123 e.